The molecule has 1 heteroatoms. The molecular formula is C18H15O. The summed E-state index contributed by atoms with van der Waals surface area (Å²) < 4.78 is 0. The first-order valence-electron chi connectivity index (χ1n) is 6.37. The van der Waals surface area contributed by atoms with E-state index in [0.29, 0.717) is 0 Å². The zero-order chi connectivity index (χ0) is 13.1. The van der Waals surface area contributed by atoms with Crippen molar-refractivity contribution in [3.8, 4) is 0 Å². The molecule has 0 saturated heterocycles. The molecule has 0 aromatic heterocycles. The maximum absolute atomic E-state index is 11.1. The summed E-state index contributed by atoms with van der Waals surface area (Å²) in [7, 11) is 0. The van der Waals surface area contributed by atoms with E-state index in [-0.39, 0.29) is 0 Å². The summed E-state index contributed by atoms with van der Waals surface area (Å²) in [6, 6.07) is 19.7. The second-order valence-corrected chi connectivity index (χ2v) is 4.63. The third kappa shape index (κ3) is 2.13. The van der Waals surface area contributed by atoms with E-state index in [1.54, 1.807) is 0 Å². The summed E-state index contributed by atoms with van der Waals surface area (Å²) in [5.41, 5.74) is 1.77. The van der Waals surface area contributed by atoms with Crippen molar-refractivity contribution in [1.29, 1.82) is 0 Å². The predicted molar refractivity (Wildman–Crippen MR) is 78.2 cm³/mol. The molecule has 1 unspecified atom stereocenters. The van der Waals surface area contributed by atoms with Crippen molar-refractivity contribution < 1.29 is 5.11 Å². The fourth-order valence-corrected chi connectivity index (χ4v) is 2.44. The molecule has 0 heterocycles. The zero-order valence-electron chi connectivity index (χ0n) is 10.5. The molecule has 1 aliphatic carbocycles. The van der Waals surface area contributed by atoms with E-state index < -0.39 is 5.60 Å². The molecule has 93 valence electrons. The number of hydrogen-bond acceptors (Lipinski definition) is 1. The molecule has 0 amide bonds. The fraction of sp³-hybridized carbons (Fsp3) is 0.0556. The summed E-state index contributed by atoms with van der Waals surface area (Å²) in [6.07, 6.45) is 7.66. The zero-order valence-corrected chi connectivity index (χ0v) is 10.5. The lowest BCUT2D eigenvalue weighted by Crippen LogP contribution is -2.28. The van der Waals surface area contributed by atoms with Crippen LogP contribution in [0.25, 0.3) is 5.57 Å². The van der Waals surface area contributed by atoms with Gasteiger partial charge in [-0.2, -0.15) is 0 Å². The molecule has 2 aromatic rings. The van der Waals surface area contributed by atoms with Gasteiger partial charge in [0.25, 0.3) is 0 Å². The van der Waals surface area contributed by atoms with Crippen molar-refractivity contribution in [3.05, 3.63) is 96.4 Å². The van der Waals surface area contributed by atoms with Crippen LogP contribution in [0.4, 0.5) is 0 Å². The van der Waals surface area contributed by atoms with Crippen molar-refractivity contribution in [2.24, 2.45) is 0 Å². The van der Waals surface area contributed by atoms with Gasteiger partial charge in [-0.1, -0.05) is 78.9 Å². The van der Waals surface area contributed by atoms with Gasteiger partial charge in [0.05, 0.1) is 0 Å². The highest BCUT2D eigenvalue weighted by Gasteiger charge is 2.34. The van der Waals surface area contributed by atoms with Crippen LogP contribution in [0.5, 0.6) is 0 Å². The normalized spacial score (nSPS) is 22.1. The fourth-order valence-electron chi connectivity index (χ4n) is 2.44. The highest BCUT2D eigenvalue weighted by molar-refractivity contribution is 5.78. The standard InChI is InChI=1S/C18H15O/c19-18(16-11-5-2-6-12-16)14-8-7-13-17(18)15-9-3-1-4-10-15/h1-14,19H. The van der Waals surface area contributed by atoms with Gasteiger partial charge in [-0.15, -0.1) is 0 Å². The van der Waals surface area contributed by atoms with E-state index in [9.17, 15) is 5.11 Å². The maximum Gasteiger partial charge on any atom is 0.122 e. The van der Waals surface area contributed by atoms with Crippen LogP contribution in [0.2, 0.25) is 0 Å². The van der Waals surface area contributed by atoms with Crippen LogP contribution in [0.3, 0.4) is 0 Å². The summed E-state index contributed by atoms with van der Waals surface area (Å²) in [5.74, 6) is 0. The third-order valence-electron chi connectivity index (χ3n) is 3.42. The molecule has 0 aliphatic heterocycles. The van der Waals surface area contributed by atoms with Crippen LogP contribution in [0.1, 0.15) is 11.1 Å². The Hall–Kier alpha value is -2.12. The molecule has 0 saturated carbocycles. The predicted octanol–water partition coefficient (Wildman–Crippen LogP) is 3.73. The number of hydrogen-bond donors (Lipinski definition) is 1. The molecule has 0 bridgehead atoms. The quantitative estimate of drug-likeness (QED) is 0.857. The van der Waals surface area contributed by atoms with Crippen LogP contribution in [0.15, 0.2) is 78.9 Å². The molecule has 1 radical (unpaired) electrons. The van der Waals surface area contributed by atoms with Gasteiger partial charge in [0.15, 0.2) is 0 Å². The SMILES string of the molecule is OC1(c2ccccc2)[CH]C=CC=C1c1ccccc1. The molecular weight excluding hydrogens is 232 g/mol. The lowest BCUT2D eigenvalue weighted by atomic mass is 9.77. The Balaban J connectivity index is 2.11. The lowest BCUT2D eigenvalue weighted by molar-refractivity contribution is 0.140. The molecule has 3 rings (SSSR count). The van der Waals surface area contributed by atoms with Gasteiger partial charge in [-0.25, -0.2) is 0 Å². The smallest absolute Gasteiger partial charge is 0.122 e. The van der Waals surface area contributed by atoms with Crippen molar-refractivity contribution in [2.45, 2.75) is 5.60 Å². The Morgan fingerprint density at radius 2 is 1.37 bits per heavy atom. The molecule has 1 atom stereocenters. The Labute approximate surface area is 113 Å². The Morgan fingerprint density at radius 1 is 0.737 bits per heavy atom. The van der Waals surface area contributed by atoms with Gasteiger partial charge in [0.1, 0.15) is 5.60 Å². The van der Waals surface area contributed by atoms with Crippen LogP contribution >= 0.6 is 0 Å². The van der Waals surface area contributed by atoms with Crippen molar-refractivity contribution in [3.63, 3.8) is 0 Å². The number of benzene rings is 2. The van der Waals surface area contributed by atoms with Crippen LogP contribution in [-0.4, -0.2) is 5.11 Å². The molecule has 0 fully saturated rings. The van der Waals surface area contributed by atoms with Crippen molar-refractivity contribution >= 4 is 5.57 Å². The second kappa shape index (κ2) is 4.87. The van der Waals surface area contributed by atoms with Gasteiger partial charge >= 0.3 is 0 Å². The maximum atomic E-state index is 11.1. The average Bonchev–Trinajstić information content (AvgIpc) is 2.49. The van der Waals surface area contributed by atoms with E-state index in [1.165, 1.54) is 0 Å². The third-order valence-corrected chi connectivity index (χ3v) is 3.42. The van der Waals surface area contributed by atoms with E-state index in [2.05, 4.69) is 0 Å². The Bertz CT molecular complexity index is 611. The minimum absolute atomic E-state index is 0.884. The minimum atomic E-state index is -1.06. The van der Waals surface area contributed by atoms with Gasteiger partial charge in [-0.3, -0.25) is 0 Å². The first kappa shape index (κ1) is 11.9. The number of rotatable bonds is 2. The molecule has 1 nitrogen and oxygen atoms in total. The summed E-state index contributed by atoms with van der Waals surface area (Å²) in [4.78, 5) is 0. The first-order valence-corrected chi connectivity index (χ1v) is 6.37. The van der Waals surface area contributed by atoms with Crippen LogP contribution in [0, 0.1) is 6.42 Å². The van der Waals surface area contributed by atoms with Crippen LogP contribution in [-0.2, 0) is 5.60 Å². The minimum Gasteiger partial charge on any atom is -0.380 e. The highest BCUT2D eigenvalue weighted by Crippen LogP contribution is 2.40. The second-order valence-electron chi connectivity index (χ2n) is 4.63. The van der Waals surface area contributed by atoms with E-state index in [0.717, 1.165) is 16.7 Å². The monoisotopic (exact) mass is 247 g/mol. The average molecular weight is 247 g/mol. The van der Waals surface area contributed by atoms with E-state index >= 15 is 0 Å². The number of allylic oxidation sites excluding steroid dienone is 2. The molecule has 1 aliphatic rings. The lowest BCUT2D eigenvalue weighted by Gasteiger charge is -2.32. The van der Waals surface area contributed by atoms with Gasteiger partial charge in [0, 0.05) is 6.42 Å². The van der Waals surface area contributed by atoms with Gasteiger partial charge < -0.3 is 5.11 Å². The molecule has 0 spiro atoms. The Kier molecular flexibility index (Phi) is 3.06. The summed E-state index contributed by atoms with van der Waals surface area (Å²) in [6.45, 7) is 0. The van der Waals surface area contributed by atoms with E-state index in [1.807, 2.05) is 85.3 Å². The first-order chi connectivity index (χ1) is 9.31. The summed E-state index contributed by atoms with van der Waals surface area (Å²) in [5, 5.41) is 11.1. The Morgan fingerprint density at radius 3 is 2.05 bits per heavy atom. The topological polar surface area (TPSA) is 20.2 Å². The number of aliphatic hydroxyl groups is 1. The van der Waals surface area contributed by atoms with Gasteiger partial charge in [-0.05, 0) is 16.7 Å². The van der Waals surface area contributed by atoms with Gasteiger partial charge in [0.2, 0.25) is 0 Å². The highest BCUT2D eigenvalue weighted by atomic mass is 16.3. The van der Waals surface area contributed by atoms with Crippen molar-refractivity contribution in [2.75, 3.05) is 0 Å². The summed E-state index contributed by atoms with van der Waals surface area (Å²) >= 11 is 0. The van der Waals surface area contributed by atoms with E-state index in [4.69, 9.17) is 0 Å². The molecule has 1 N–H and O–H groups in total. The van der Waals surface area contributed by atoms with Crippen molar-refractivity contribution in [1.82, 2.24) is 0 Å². The largest absolute Gasteiger partial charge is 0.380 e. The van der Waals surface area contributed by atoms with Crippen LogP contribution < -0.4 is 0 Å². The molecule has 2 aromatic carbocycles. The molecule has 19 heavy (non-hydrogen) atoms.